The van der Waals surface area contributed by atoms with E-state index >= 15 is 0 Å². The molecule has 1 aliphatic heterocycles. The summed E-state index contributed by atoms with van der Waals surface area (Å²) in [6.07, 6.45) is -1.08. The maximum absolute atomic E-state index is 12.6. The minimum Gasteiger partial charge on any atom is -0.481 e. The second-order valence-corrected chi connectivity index (χ2v) is 8.88. The lowest BCUT2D eigenvalue weighted by atomic mass is 9.87. The van der Waals surface area contributed by atoms with E-state index in [4.69, 9.17) is 5.11 Å². The average molecular weight is 341 g/mol. The summed E-state index contributed by atoms with van der Waals surface area (Å²) in [5.74, 6) is -2.01. The molecule has 1 aliphatic rings. The van der Waals surface area contributed by atoms with Crippen LogP contribution in [0.5, 0.6) is 0 Å². The normalized spacial score (nSPS) is 23.7. The number of hydrogen-bond acceptors (Lipinski definition) is 4. The lowest BCUT2D eigenvalue weighted by molar-refractivity contribution is -0.147. The fraction of sp³-hybridized carbons (Fsp3) is 0.562. The van der Waals surface area contributed by atoms with Gasteiger partial charge in [-0.05, 0) is 29.5 Å². The molecule has 6 nitrogen and oxygen atoms in total. The van der Waals surface area contributed by atoms with Crippen molar-refractivity contribution in [1.29, 1.82) is 0 Å². The van der Waals surface area contributed by atoms with E-state index in [1.807, 2.05) is 20.8 Å². The van der Waals surface area contributed by atoms with Crippen molar-refractivity contribution in [3.63, 3.8) is 0 Å². The molecule has 1 heterocycles. The van der Waals surface area contributed by atoms with Crippen LogP contribution in [0.1, 0.15) is 32.8 Å². The van der Waals surface area contributed by atoms with Crippen LogP contribution in [0.15, 0.2) is 29.2 Å². The van der Waals surface area contributed by atoms with Crippen molar-refractivity contribution in [2.75, 3.05) is 13.1 Å². The van der Waals surface area contributed by atoms with Crippen LogP contribution in [-0.2, 0) is 20.2 Å². The number of carbonyl (C=O) groups is 1. The highest BCUT2D eigenvalue weighted by Gasteiger charge is 2.37. The predicted octanol–water partition coefficient (Wildman–Crippen LogP) is 1.44. The zero-order valence-corrected chi connectivity index (χ0v) is 14.4. The van der Waals surface area contributed by atoms with Crippen LogP contribution in [0.2, 0.25) is 0 Å². The van der Waals surface area contributed by atoms with Crippen LogP contribution in [0, 0.1) is 5.92 Å². The van der Waals surface area contributed by atoms with Crippen molar-refractivity contribution in [3.8, 4) is 0 Å². The van der Waals surface area contributed by atoms with Gasteiger partial charge in [0.15, 0.2) is 0 Å². The van der Waals surface area contributed by atoms with Gasteiger partial charge in [0.1, 0.15) is 0 Å². The molecule has 0 bridgehead atoms. The number of nitrogens with zero attached hydrogens (tertiary/aromatic N) is 1. The van der Waals surface area contributed by atoms with Crippen molar-refractivity contribution in [3.05, 3.63) is 29.8 Å². The monoisotopic (exact) mass is 341 g/mol. The van der Waals surface area contributed by atoms with Crippen molar-refractivity contribution in [2.24, 2.45) is 5.92 Å². The SMILES string of the molecule is CC(C)(C)c1ccc(S(=O)(=O)N2CC[C@H](C(=O)O)[C@H](O)C2)cc1. The Labute approximate surface area is 136 Å². The lowest BCUT2D eigenvalue weighted by Crippen LogP contribution is -2.48. The van der Waals surface area contributed by atoms with Gasteiger partial charge < -0.3 is 10.2 Å². The van der Waals surface area contributed by atoms with Crippen molar-refractivity contribution < 1.29 is 23.4 Å². The average Bonchev–Trinajstić information content (AvgIpc) is 2.46. The Morgan fingerprint density at radius 1 is 1.22 bits per heavy atom. The molecule has 1 saturated heterocycles. The number of carboxylic acid groups (broad SMARTS) is 1. The first-order valence-electron chi connectivity index (χ1n) is 7.55. The Bertz CT molecular complexity index is 675. The van der Waals surface area contributed by atoms with Gasteiger partial charge in [0.25, 0.3) is 0 Å². The number of aliphatic hydroxyl groups is 1. The van der Waals surface area contributed by atoms with E-state index in [2.05, 4.69) is 0 Å². The highest BCUT2D eigenvalue weighted by molar-refractivity contribution is 7.89. The smallest absolute Gasteiger partial charge is 0.309 e. The van der Waals surface area contributed by atoms with Gasteiger partial charge >= 0.3 is 5.97 Å². The number of sulfonamides is 1. The van der Waals surface area contributed by atoms with Gasteiger partial charge in [-0.1, -0.05) is 32.9 Å². The van der Waals surface area contributed by atoms with Gasteiger partial charge in [0.2, 0.25) is 10.0 Å². The third kappa shape index (κ3) is 3.73. The largest absolute Gasteiger partial charge is 0.481 e. The number of carboxylic acids is 1. The first-order chi connectivity index (χ1) is 10.5. The standard InChI is InChI=1S/C16H23NO5S/c1-16(2,3)11-4-6-12(7-5-11)23(21,22)17-9-8-13(15(19)20)14(18)10-17/h4-7,13-14,18H,8-10H2,1-3H3,(H,19,20)/t13-,14+/m0/s1. The number of piperidine rings is 1. The molecule has 1 aromatic carbocycles. The van der Waals surface area contributed by atoms with E-state index in [9.17, 15) is 18.3 Å². The molecule has 0 radical (unpaired) electrons. The Morgan fingerprint density at radius 3 is 2.22 bits per heavy atom. The molecule has 1 fully saturated rings. The Kier molecular flexibility index (Phi) is 4.84. The highest BCUT2D eigenvalue weighted by Crippen LogP contribution is 2.27. The van der Waals surface area contributed by atoms with E-state index < -0.39 is 28.0 Å². The van der Waals surface area contributed by atoms with Crippen LogP contribution in [0.25, 0.3) is 0 Å². The minimum atomic E-state index is -3.73. The van der Waals surface area contributed by atoms with E-state index in [-0.39, 0.29) is 29.8 Å². The van der Waals surface area contributed by atoms with Crippen molar-refractivity contribution in [2.45, 2.75) is 43.6 Å². The Balaban J connectivity index is 2.21. The van der Waals surface area contributed by atoms with Crippen molar-refractivity contribution in [1.82, 2.24) is 4.31 Å². The first kappa shape index (κ1) is 17.9. The number of hydrogen-bond donors (Lipinski definition) is 2. The first-order valence-corrected chi connectivity index (χ1v) is 8.99. The number of rotatable bonds is 3. The molecule has 2 rings (SSSR count). The molecular formula is C16H23NO5S. The number of aliphatic hydroxyl groups excluding tert-OH is 1. The summed E-state index contributed by atoms with van der Waals surface area (Å²) in [6.45, 7) is 6.04. The lowest BCUT2D eigenvalue weighted by Gasteiger charge is -2.33. The second kappa shape index (κ2) is 6.22. The van der Waals surface area contributed by atoms with Gasteiger partial charge in [0.05, 0.1) is 16.9 Å². The third-order valence-electron chi connectivity index (χ3n) is 4.22. The predicted molar refractivity (Wildman–Crippen MR) is 85.7 cm³/mol. The fourth-order valence-corrected chi connectivity index (χ4v) is 4.16. The summed E-state index contributed by atoms with van der Waals surface area (Å²) in [6, 6.07) is 6.69. The molecule has 0 amide bonds. The van der Waals surface area contributed by atoms with Crippen LogP contribution >= 0.6 is 0 Å². The van der Waals surface area contributed by atoms with Crippen LogP contribution in [-0.4, -0.2) is 48.1 Å². The number of benzene rings is 1. The van der Waals surface area contributed by atoms with Crippen molar-refractivity contribution >= 4 is 16.0 Å². The summed E-state index contributed by atoms with van der Waals surface area (Å²) in [4.78, 5) is 11.2. The summed E-state index contributed by atoms with van der Waals surface area (Å²) >= 11 is 0. The summed E-state index contributed by atoms with van der Waals surface area (Å²) in [7, 11) is -3.73. The Morgan fingerprint density at radius 2 is 1.78 bits per heavy atom. The Hall–Kier alpha value is -1.44. The summed E-state index contributed by atoms with van der Waals surface area (Å²) < 4.78 is 26.4. The molecule has 0 saturated carbocycles. The number of aliphatic carboxylic acids is 1. The van der Waals surface area contributed by atoms with E-state index in [0.29, 0.717) is 0 Å². The van der Waals surface area contributed by atoms with Crippen LogP contribution in [0.4, 0.5) is 0 Å². The molecule has 0 aromatic heterocycles. The molecule has 128 valence electrons. The summed E-state index contributed by atoms with van der Waals surface area (Å²) in [5.41, 5.74) is 0.958. The molecular weight excluding hydrogens is 318 g/mol. The van der Waals surface area contributed by atoms with Gasteiger partial charge in [-0.3, -0.25) is 4.79 Å². The molecule has 23 heavy (non-hydrogen) atoms. The molecule has 0 aliphatic carbocycles. The summed E-state index contributed by atoms with van der Waals surface area (Å²) in [5, 5.41) is 18.9. The quantitative estimate of drug-likeness (QED) is 0.867. The molecule has 0 unspecified atom stereocenters. The van der Waals surface area contributed by atoms with Gasteiger partial charge in [-0.15, -0.1) is 0 Å². The van der Waals surface area contributed by atoms with Gasteiger partial charge in [0, 0.05) is 13.1 Å². The fourth-order valence-electron chi connectivity index (χ4n) is 2.68. The molecule has 2 N–H and O–H groups in total. The minimum absolute atomic E-state index is 0.0711. The van der Waals surface area contributed by atoms with Gasteiger partial charge in [-0.25, -0.2) is 8.42 Å². The van der Waals surface area contributed by atoms with E-state index in [0.717, 1.165) is 9.87 Å². The maximum Gasteiger partial charge on any atom is 0.309 e. The van der Waals surface area contributed by atoms with Gasteiger partial charge in [-0.2, -0.15) is 4.31 Å². The highest BCUT2D eigenvalue weighted by atomic mass is 32.2. The zero-order valence-electron chi connectivity index (χ0n) is 13.6. The second-order valence-electron chi connectivity index (χ2n) is 6.94. The molecule has 2 atom stereocenters. The topological polar surface area (TPSA) is 94.9 Å². The molecule has 7 heteroatoms. The zero-order chi connectivity index (χ0) is 17.4. The van der Waals surface area contributed by atoms with Crippen LogP contribution in [0.3, 0.4) is 0 Å². The molecule has 0 spiro atoms. The van der Waals surface area contributed by atoms with Crippen LogP contribution < -0.4 is 0 Å². The third-order valence-corrected chi connectivity index (χ3v) is 6.10. The maximum atomic E-state index is 12.6. The van der Waals surface area contributed by atoms with E-state index in [1.165, 1.54) is 0 Å². The van der Waals surface area contributed by atoms with E-state index in [1.54, 1.807) is 24.3 Å². The molecule has 1 aromatic rings. The number of β-amino-alcohol motifs (C(OH)–C–C–N with tert-alkyl or cyclic N) is 1.